The number of benzene rings is 2. The molecule has 0 aliphatic carbocycles. The predicted molar refractivity (Wildman–Crippen MR) is 92.0 cm³/mol. The number of anilines is 1. The zero-order chi connectivity index (χ0) is 16.8. The van der Waals surface area contributed by atoms with Gasteiger partial charge in [0.05, 0.1) is 10.6 Å². The van der Waals surface area contributed by atoms with Crippen LogP contribution in [0.2, 0.25) is 0 Å². The summed E-state index contributed by atoms with van der Waals surface area (Å²) in [6, 6.07) is 11.5. The molecule has 0 unspecified atom stereocenters. The van der Waals surface area contributed by atoms with Crippen molar-refractivity contribution in [1.29, 1.82) is 0 Å². The third kappa shape index (κ3) is 4.06. The molecule has 0 aromatic heterocycles. The number of aliphatic imine (C=N–C) groups is 1. The number of nitro groups is 1. The van der Waals surface area contributed by atoms with Crippen molar-refractivity contribution in [2.24, 2.45) is 4.99 Å². The highest BCUT2D eigenvalue weighted by atomic mass is 16.6. The van der Waals surface area contributed by atoms with E-state index in [9.17, 15) is 15.2 Å². The normalized spacial score (nSPS) is 10.9. The molecule has 0 atom stereocenters. The number of rotatable bonds is 6. The molecule has 0 heterocycles. The van der Waals surface area contributed by atoms with Gasteiger partial charge >= 0.3 is 0 Å². The second kappa shape index (κ2) is 7.40. The minimum absolute atomic E-state index is 0.0726. The summed E-state index contributed by atoms with van der Waals surface area (Å²) in [6.07, 6.45) is 1.57. The van der Waals surface area contributed by atoms with Crippen LogP contribution in [0.4, 0.5) is 17.1 Å². The largest absolute Gasteiger partial charge is 0.508 e. The van der Waals surface area contributed by atoms with E-state index < -0.39 is 0 Å². The first-order chi connectivity index (χ1) is 11.0. The zero-order valence-corrected chi connectivity index (χ0v) is 13.1. The minimum atomic E-state index is -0.369. The van der Waals surface area contributed by atoms with Gasteiger partial charge in [-0.3, -0.25) is 15.1 Å². The summed E-state index contributed by atoms with van der Waals surface area (Å²) in [4.78, 5) is 17.2. The first-order valence-electron chi connectivity index (χ1n) is 7.41. The van der Waals surface area contributed by atoms with Crippen LogP contribution in [0.3, 0.4) is 0 Å². The van der Waals surface area contributed by atoms with Gasteiger partial charge in [-0.15, -0.1) is 0 Å². The molecule has 0 spiro atoms. The summed E-state index contributed by atoms with van der Waals surface area (Å²) < 4.78 is 0. The van der Waals surface area contributed by atoms with Crippen molar-refractivity contribution in [3.05, 3.63) is 58.1 Å². The molecule has 1 N–H and O–H groups in total. The van der Waals surface area contributed by atoms with Crippen LogP contribution in [0.15, 0.2) is 47.5 Å². The van der Waals surface area contributed by atoms with Crippen LogP contribution < -0.4 is 4.90 Å². The highest BCUT2D eigenvalue weighted by Crippen LogP contribution is 2.29. The van der Waals surface area contributed by atoms with E-state index in [0.29, 0.717) is 30.0 Å². The molecule has 0 radical (unpaired) electrons. The molecule has 0 saturated carbocycles. The molecule has 2 aromatic rings. The third-order valence-electron chi connectivity index (χ3n) is 3.51. The quantitative estimate of drug-likeness (QED) is 0.498. The number of phenols is 1. The first kappa shape index (κ1) is 16.5. The second-order valence-electron chi connectivity index (χ2n) is 4.95. The molecule has 6 heteroatoms. The average molecular weight is 313 g/mol. The standard InChI is InChI=1S/C17H19N3O3/c1-3-19(4-2)16-10-5-13(11-17(16)20(22)23)12-18-14-6-8-15(21)9-7-14/h5-12,21H,3-4H2,1-2H3. The molecule has 0 bridgehead atoms. The lowest BCUT2D eigenvalue weighted by Gasteiger charge is -2.20. The molecule has 2 rings (SSSR count). The van der Waals surface area contributed by atoms with Crippen LogP contribution >= 0.6 is 0 Å². The fraction of sp³-hybridized carbons (Fsp3) is 0.235. The number of nitro benzene ring substituents is 1. The zero-order valence-electron chi connectivity index (χ0n) is 13.1. The Hall–Kier alpha value is -2.89. The van der Waals surface area contributed by atoms with E-state index in [1.807, 2.05) is 24.8 Å². The molecule has 0 saturated heterocycles. The van der Waals surface area contributed by atoms with Gasteiger partial charge in [-0.2, -0.15) is 0 Å². The van der Waals surface area contributed by atoms with Gasteiger partial charge in [0.2, 0.25) is 0 Å². The first-order valence-corrected chi connectivity index (χ1v) is 7.41. The van der Waals surface area contributed by atoms with Crippen molar-refractivity contribution >= 4 is 23.3 Å². The molecule has 0 aliphatic rings. The molecule has 120 valence electrons. The van der Waals surface area contributed by atoms with Gasteiger partial charge in [0.15, 0.2) is 0 Å². The van der Waals surface area contributed by atoms with Crippen molar-refractivity contribution in [1.82, 2.24) is 0 Å². The maximum Gasteiger partial charge on any atom is 0.293 e. The average Bonchev–Trinajstić information content (AvgIpc) is 2.56. The van der Waals surface area contributed by atoms with Crippen molar-refractivity contribution in [3.8, 4) is 5.75 Å². The van der Waals surface area contributed by atoms with Crippen molar-refractivity contribution in [2.75, 3.05) is 18.0 Å². The number of aromatic hydroxyl groups is 1. The van der Waals surface area contributed by atoms with E-state index in [2.05, 4.69) is 4.99 Å². The fourth-order valence-corrected chi connectivity index (χ4v) is 2.29. The summed E-state index contributed by atoms with van der Waals surface area (Å²) in [5, 5.41) is 20.6. The lowest BCUT2D eigenvalue weighted by atomic mass is 10.1. The van der Waals surface area contributed by atoms with Gasteiger partial charge in [-0.25, -0.2) is 0 Å². The lowest BCUT2D eigenvalue weighted by Crippen LogP contribution is -2.22. The van der Waals surface area contributed by atoms with Gasteiger partial charge in [0, 0.05) is 25.4 Å². The minimum Gasteiger partial charge on any atom is -0.508 e. The van der Waals surface area contributed by atoms with Crippen LogP contribution in [0.1, 0.15) is 19.4 Å². The van der Waals surface area contributed by atoms with Crippen LogP contribution in [-0.2, 0) is 0 Å². The fourth-order valence-electron chi connectivity index (χ4n) is 2.29. The number of phenolic OH excluding ortho intramolecular Hbond substituents is 1. The Morgan fingerprint density at radius 1 is 1.17 bits per heavy atom. The summed E-state index contributed by atoms with van der Waals surface area (Å²) >= 11 is 0. The van der Waals surface area contributed by atoms with E-state index in [4.69, 9.17) is 0 Å². The van der Waals surface area contributed by atoms with Crippen LogP contribution in [0.25, 0.3) is 0 Å². The molecule has 23 heavy (non-hydrogen) atoms. The number of nitrogens with zero attached hydrogens (tertiary/aromatic N) is 3. The summed E-state index contributed by atoms with van der Waals surface area (Å²) in [5.74, 6) is 0.170. The Morgan fingerprint density at radius 3 is 2.39 bits per heavy atom. The smallest absolute Gasteiger partial charge is 0.293 e. The molecule has 6 nitrogen and oxygen atoms in total. The van der Waals surface area contributed by atoms with E-state index in [1.165, 1.54) is 6.07 Å². The van der Waals surface area contributed by atoms with Gasteiger partial charge in [0.25, 0.3) is 5.69 Å². The molecular formula is C17H19N3O3. The van der Waals surface area contributed by atoms with Crippen LogP contribution in [-0.4, -0.2) is 29.3 Å². The van der Waals surface area contributed by atoms with E-state index in [-0.39, 0.29) is 16.4 Å². The van der Waals surface area contributed by atoms with Crippen molar-refractivity contribution in [3.63, 3.8) is 0 Å². The number of hydrogen-bond donors (Lipinski definition) is 1. The highest BCUT2D eigenvalue weighted by molar-refractivity contribution is 5.85. The molecule has 0 fully saturated rings. The van der Waals surface area contributed by atoms with Gasteiger partial charge in [-0.05, 0) is 49.7 Å². The third-order valence-corrected chi connectivity index (χ3v) is 3.51. The molecule has 0 aliphatic heterocycles. The van der Waals surface area contributed by atoms with E-state index in [1.54, 1.807) is 36.5 Å². The maximum absolute atomic E-state index is 11.3. The Morgan fingerprint density at radius 2 is 1.83 bits per heavy atom. The Balaban J connectivity index is 2.32. The SMILES string of the molecule is CCN(CC)c1ccc(C=Nc2ccc(O)cc2)cc1[N+](=O)[O-]. The monoisotopic (exact) mass is 313 g/mol. The topological polar surface area (TPSA) is 79.0 Å². The van der Waals surface area contributed by atoms with Crippen molar-refractivity contribution < 1.29 is 10.0 Å². The molecule has 0 amide bonds. The van der Waals surface area contributed by atoms with Gasteiger partial charge in [-0.1, -0.05) is 6.07 Å². The molecular weight excluding hydrogens is 294 g/mol. The lowest BCUT2D eigenvalue weighted by molar-refractivity contribution is -0.384. The Bertz CT molecular complexity index is 708. The highest BCUT2D eigenvalue weighted by Gasteiger charge is 2.17. The van der Waals surface area contributed by atoms with Crippen molar-refractivity contribution in [2.45, 2.75) is 13.8 Å². The predicted octanol–water partition coefficient (Wildman–Crippen LogP) is 3.90. The van der Waals surface area contributed by atoms with Crippen LogP contribution in [0, 0.1) is 10.1 Å². The summed E-state index contributed by atoms with van der Waals surface area (Å²) in [7, 11) is 0. The van der Waals surface area contributed by atoms with Gasteiger partial charge in [0.1, 0.15) is 11.4 Å². The summed E-state index contributed by atoms with van der Waals surface area (Å²) in [6.45, 7) is 5.34. The number of hydrogen-bond acceptors (Lipinski definition) is 5. The Labute approximate surface area is 134 Å². The van der Waals surface area contributed by atoms with E-state index in [0.717, 1.165) is 0 Å². The summed E-state index contributed by atoms with van der Waals surface area (Å²) in [5.41, 5.74) is 2.00. The Kier molecular flexibility index (Phi) is 5.30. The maximum atomic E-state index is 11.3. The van der Waals surface area contributed by atoms with Gasteiger partial charge < -0.3 is 10.0 Å². The van der Waals surface area contributed by atoms with Crippen LogP contribution in [0.5, 0.6) is 5.75 Å². The molecule has 2 aromatic carbocycles. The second-order valence-corrected chi connectivity index (χ2v) is 4.95. The van der Waals surface area contributed by atoms with E-state index >= 15 is 0 Å².